The fraction of sp³-hybridized carbons (Fsp3) is 0.240. The summed E-state index contributed by atoms with van der Waals surface area (Å²) in [4.78, 5) is 35.6. The lowest BCUT2D eigenvalue weighted by Crippen LogP contribution is -2.50. The summed E-state index contributed by atoms with van der Waals surface area (Å²) in [6.45, 7) is 2.79. The Morgan fingerprint density at radius 2 is 1.57 bits per heavy atom. The number of hydrogen-bond acceptors (Lipinski definition) is 4. The zero-order valence-electron chi connectivity index (χ0n) is 16.8. The summed E-state index contributed by atoms with van der Waals surface area (Å²) in [6.07, 6.45) is 2.65. The van der Waals surface area contributed by atoms with Crippen molar-refractivity contribution < 1.29 is 9.59 Å². The van der Waals surface area contributed by atoms with E-state index in [0.29, 0.717) is 12.2 Å². The van der Waals surface area contributed by atoms with Crippen molar-refractivity contribution in [1.29, 1.82) is 0 Å². The van der Waals surface area contributed by atoms with Gasteiger partial charge < -0.3 is 4.90 Å². The Balaban J connectivity index is 1.71. The molecule has 0 radical (unpaired) electrons. The van der Waals surface area contributed by atoms with Crippen LogP contribution in [0, 0.1) is 5.92 Å². The largest absolute Gasteiger partial charge is 0.357 e. The molecule has 30 heavy (non-hydrogen) atoms. The number of hydrogen-bond donors (Lipinski definition) is 0. The lowest BCUT2D eigenvalue weighted by Gasteiger charge is -2.41. The summed E-state index contributed by atoms with van der Waals surface area (Å²) in [7, 11) is 0. The Bertz CT molecular complexity index is 1080. The molecule has 1 saturated heterocycles. The number of carbonyl (C=O) groups is 2. The van der Waals surface area contributed by atoms with E-state index in [1.165, 1.54) is 4.90 Å². The van der Waals surface area contributed by atoms with E-state index in [2.05, 4.69) is 11.8 Å². The van der Waals surface area contributed by atoms with Crippen molar-refractivity contribution in [2.75, 3.05) is 16.3 Å². The number of anilines is 2. The number of nitrogens with zero attached hydrogens (tertiary/aromatic N) is 3. The van der Waals surface area contributed by atoms with E-state index in [-0.39, 0.29) is 17.7 Å². The van der Waals surface area contributed by atoms with Crippen LogP contribution in [0.2, 0.25) is 0 Å². The number of benzene rings is 2. The van der Waals surface area contributed by atoms with Crippen molar-refractivity contribution in [3.05, 3.63) is 90.3 Å². The highest BCUT2D eigenvalue weighted by Crippen LogP contribution is 2.49. The second kappa shape index (κ2) is 7.41. The smallest absolute Gasteiger partial charge is 0.257 e. The number of aromatic nitrogens is 1. The van der Waals surface area contributed by atoms with Crippen LogP contribution in [-0.4, -0.2) is 29.4 Å². The summed E-state index contributed by atoms with van der Waals surface area (Å²) >= 11 is 0. The van der Waals surface area contributed by atoms with E-state index in [9.17, 15) is 9.59 Å². The molecule has 2 aliphatic heterocycles. The molecule has 5 rings (SSSR count). The third-order valence-electron chi connectivity index (χ3n) is 6.07. The Kier molecular flexibility index (Phi) is 4.58. The van der Waals surface area contributed by atoms with Crippen molar-refractivity contribution in [3.8, 4) is 0 Å². The first kappa shape index (κ1) is 18.6. The highest BCUT2D eigenvalue weighted by molar-refractivity contribution is 6.25. The normalized spacial score (nSPS) is 22.8. The van der Waals surface area contributed by atoms with Crippen LogP contribution in [0.5, 0.6) is 0 Å². The number of fused-ring (bicyclic) bond motifs is 2. The summed E-state index contributed by atoms with van der Waals surface area (Å²) in [5, 5.41) is 0. The molecule has 1 unspecified atom stereocenters. The van der Waals surface area contributed by atoms with Crippen molar-refractivity contribution >= 4 is 23.2 Å². The quantitative estimate of drug-likeness (QED) is 0.625. The maximum Gasteiger partial charge on any atom is 0.257 e. The van der Waals surface area contributed by atoms with Crippen LogP contribution in [0.4, 0.5) is 11.4 Å². The molecule has 0 saturated carbocycles. The Morgan fingerprint density at radius 3 is 2.27 bits per heavy atom. The number of para-hydroxylation sites is 1. The fourth-order valence-electron chi connectivity index (χ4n) is 4.90. The molecule has 3 atom stereocenters. The maximum absolute atomic E-state index is 13.7. The average molecular weight is 397 g/mol. The van der Waals surface area contributed by atoms with E-state index in [1.807, 2.05) is 72.8 Å². The minimum Gasteiger partial charge on any atom is -0.357 e. The molecular formula is C25H23N3O2. The van der Waals surface area contributed by atoms with Gasteiger partial charge in [0.25, 0.3) is 5.91 Å². The molecule has 3 aromatic rings. The third kappa shape index (κ3) is 2.73. The van der Waals surface area contributed by atoms with Gasteiger partial charge in [-0.2, -0.15) is 0 Å². The minimum atomic E-state index is -0.528. The van der Waals surface area contributed by atoms with Crippen molar-refractivity contribution in [1.82, 2.24) is 4.98 Å². The predicted octanol–water partition coefficient (Wildman–Crippen LogP) is 4.00. The SMILES string of the molecule is CCCN1c2cccnc2C(c2ccccc2)[C@H]2C(=O)N(c3ccccc3)C(=O)[C@H]21. The molecule has 3 heterocycles. The average Bonchev–Trinajstić information content (AvgIpc) is 3.05. The van der Waals surface area contributed by atoms with Crippen LogP contribution in [0.15, 0.2) is 79.0 Å². The van der Waals surface area contributed by atoms with Crippen LogP contribution < -0.4 is 9.80 Å². The molecule has 5 heteroatoms. The van der Waals surface area contributed by atoms with Crippen LogP contribution >= 0.6 is 0 Å². The number of amides is 2. The second-order valence-electron chi connectivity index (χ2n) is 7.81. The lowest BCUT2D eigenvalue weighted by atomic mass is 9.76. The first-order valence-electron chi connectivity index (χ1n) is 10.4. The van der Waals surface area contributed by atoms with Gasteiger partial charge >= 0.3 is 0 Å². The molecule has 1 aromatic heterocycles. The number of pyridine rings is 1. The standard InChI is InChI=1S/C25H23N3O2/c1-2-16-27-19-14-9-15-26-22(19)20(17-10-5-3-6-11-17)21-23(27)25(30)28(24(21)29)18-12-7-4-8-13-18/h3-15,20-21,23H,2,16H2,1H3/t20?,21-,23+/m1/s1. The topological polar surface area (TPSA) is 53.5 Å². The Labute approximate surface area is 176 Å². The molecule has 0 spiro atoms. The van der Waals surface area contributed by atoms with Crippen LogP contribution in [0.3, 0.4) is 0 Å². The molecular weight excluding hydrogens is 374 g/mol. The summed E-state index contributed by atoms with van der Waals surface area (Å²) < 4.78 is 0. The van der Waals surface area contributed by atoms with Gasteiger partial charge in [-0.05, 0) is 36.2 Å². The maximum atomic E-state index is 13.7. The molecule has 2 aromatic carbocycles. The molecule has 0 bridgehead atoms. The van der Waals surface area contributed by atoms with Crippen molar-refractivity contribution in [2.24, 2.45) is 5.92 Å². The number of imide groups is 1. The molecule has 2 amide bonds. The Morgan fingerprint density at radius 1 is 0.867 bits per heavy atom. The molecule has 5 nitrogen and oxygen atoms in total. The van der Waals surface area contributed by atoms with Gasteiger partial charge in [-0.3, -0.25) is 14.6 Å². The highest BCUT2D eigenvalue weighted by Gasteiger charge is 2.57. The molecule has 1 fully saturated rings. The molecule has 0 N–H and O–H groups in total. The van der Waals surface area contributed by atoms with Crippen LogP contribution in [0.25, 0.3) is 0 Å². The van der Waals surface area contributed by atoms with Gasteiger partial charge in [-0.15, -0.1) is 0 Å². The highest BCUT2D eigenvalue weighted by atomic mass is 16.2. The van der Waals surface area contributed by atoms with Crippen LogP contribution in [0.1, 0.15) is 30.5 Å². The van der Waals surface area contributed by atoms with Gasteiger partial charge in [0.2, 0.25) is 5.91 Å². The van der Waals surface area contributed by atoms with Gasteiger partial charge in [-0.25, -0.2) is 4.90 Å². The predicted molar refractivity (Wildman–Crippen MR) is 116 cm³/mol. The van der Waals surface area contributed by atoms with E-state index >= 15 is 0 Å². The van der Waals surface area contributed by atoms with Gasteiger partial charge in [0.05, 0.1) is 23.0 Å². The lowest BCUT2D eigenvalue weighted by molar-refractivity contribution is -0.122. The molecule has 2 aliphatic rings. The zero-order valence-corrected chi connectivity index (χ0v) is 16.8. The van der Waals surface area contributed by atoms with E-state index in [4.69, 9.17) is 4.98 Å². The first-order valence-corrected chi connectivity index (χ1v) is 10.4. The third-order valence-corrected chi connectivity index (χ3v) is 6.07. The van der Waals surface area contributed by atoms with E-state index in [1.54, 1.807) is 6.20 Å². The van der Waals surface area contributed by atoms with Gasteiger partial charge in [0, 0.05) is 18.7 Å². The van der Waals surface area contributed by atoms with Gasteiger partial charge in [0.1, 0.15) is 6.04 Å². The summed E-state index contributed by atoms with van der Waals surface area (Å²) in [6, 6.07) is 22.6. The summed E-state index contributed by atoms with van der Waals surface area (Å²) in [5.41, 5.74) is 3.46. The Hall–Kier alpha value is -3.47. The molecule has 150 valence electrons. The zero-order chi connectivity index (χ0) is 20.7. The second-order valence-corrected chi connectivity index (χ2v) is 7.81. The van der Waals surface area contributed by atoms with Gasteiger partial charge in [-0.1, -0.05) is 55.5 Å². The van der Waals surface area contributed by atoms with Crippen molar-refractivity contribution in [2.45, 2.75) is 25.3 Å². The van der Waals surface area contributed by atoms with Gasteiger partial charge in [0.15, 0.2) is 0 Å². The minimum absolute atomic E-state index is 0.151. The summed E-state index contributed by atoms with van der Waals surface area (Å²) in [5.74, 6) is -1.07. The molecule has 0 aliphatic carbocycles. The van der Waals surface area contributed by atoms with E-state index < -0.39 is 12.0 Å². The monoisotopic (exact) mass is 397 g/mol. The first-order chi connectivity index (χ1) is 14.7. The van der Waals surface area contributed by atoms with Crippen molar-refractivity contribution in [3.63, 3.8) is 0 Å². The fourth-order valence-corrected chi connectivity index (χ4v) is 4.90. The number of rotatable bonds is 4. The number of carbonyl (C=O) groups excluding carboxylic acids is 2. The van der Waals surface area contributed by atoms with E-state index in [0.717, 1.165) is 23.4 Å². The van der Waals surface area contributed by atoms with Crippen LogP contribution in [-0.2, 0) is 9.59 Å².